The smallest absolute Gasteiger partial charge is 0.231 e. The number of hydrogen-bond acceptors (Lipinski definition) is 4. The van der Waals surface area contributed by atoms with Crippen molar-refractivity contribution >= 4 is 22.4 Å². The quantitative estimate of drug-likeness (QED) is 0.779. The Labute approximate surface area is 86.7 Å². The molecule has 0 saturated carbocycles. The van der Waals surface area contributed by atoms with Crippen molar-refractivity contribution < 1.29 is 4.79 Å². The Balaban J connectivity index is 1.92. The number of aryl methyl sites for hydroxylation is 1. The van der Waals surface area contributed by atoms with E-state index >= 15 is 0 Å². The van der Waals surface area contributed by atoms with Crippen LogP contribution in [0.25, 0.3) is 0 Å². The van der Waals surface area contributed by atoms with Gasteiger partial charge in [-0.05, 0) is 6.42 Å². The van der Waals surface area contributed by atoms with Gasteiger partial charge in [0.1, 0.15) is 0 Å². The second-order valence-corrected chi connectivity index (χ2v) is 4.20. The number of carbonyl (C=O) groups is 1. The van der Waals surface area contributed by atoms with Gasteiger partial charge in [0.15, 0.2) is 5.13 Å². The van der Waals surface area contributed by atoms with E-state index in [0.717, 1.165) is 30.3 Å². The highest BCUT2D eigenvalue weighted by atomic mass is 32.1. The number of hydrogen-bond donors (Lipinski definition) is 2. The second-order valence-electron chi connectivity index (χ2n) is 3.34. The van der Waals surface area contributed by atoms with E-state index in [1.807, 2.05) is 5.38 Å². The molecule has 0 atom stereocenters. The fourth-order valence-corrected chi connectivity index (χ4v) is 2.00. The summed E-state index contributed by atoms with van der Waals surface area (Å²) >= 11 is 1.49. The standard InChI is InChI=1S/C9H13N3OS/c1-2-7-5-14-9(11-7)12-8(13)6-3-10-4-6/h5-6,10H,2-4H2,1H3,(H,11,12,13). The zero-order chi connectivity index (χ0) is 9.97. The SMILES string of the molecule is CCc1csc(NC(=O)C2CNC2)n1. The summed E-state index contributed by atoms with van der Waals surface area (Å²) < 4.78 is 0. The molecule has 4 nitrogen and oxygen atoms in total. The molecule has 1 aromatic rings. The molecule has 1 aliphatic rings. The molecule has 76 valence electrons. The average molecular weight is 211 g/mol. The number of thiazole rings is 1. The Morgan fingerprint density at radius 3 is 3.07 bits per heavy atom. The Kier molecular flexibility index (Phi) is 2.79. The molecule has 1 amide bonds. The van der Waals surface area contributed by atoms with E-state index in [-0.39, 0.29) is 11.8 Å². The van der Waals surface area contributed by atoms with Gasteiger partial charge < -0.3 is 10.6 Å². The van der Waals surface area contributed by atoms with Gasteiger partial charge >= 0.3 is 0 Å². The van der Waals surface area contributed by atoms with Crippen molar-refractivity contribution in [1.29, 1.82) is 0 Å². The summed E-state index contributed by atoms with van der Waals surface area (Å²) in [5.41, 5.74) is 1.04. The normalized spacial score (nSPS) is 16.4. The Bertz CT molecular complexity index is 333. The lowest BCUT2D eigenvalue weighted by Crippen LogP contribution is -2.48. The van der Waals surface area contributed by atoms with Crippen LogP contribution in [0.15, 0.2) is 5.38 Å². The third kappa shape index (κ3) is 1.93. The molecule has 1 aliphatic heterocycles. The maximum atomic E-state index is 11.5. The largest absolute Gasteiger partial charge is 0.315 e. The highest BCUT2D eigenvalue weighted by Crippen LogP contribution is 2.17. The van der Waals surface area contributed by atoms with Crippen molar-refractivity contribution in [2.45, 2.75) is 13.3 Å². The van der Waals surface area contributed by atoms with Crippen LogP contribution < -0.4 is 10.6 Å². The lowest BCUT2D eigenvalue weighted by molar-refractivity contribution is -0.121. The lowest BCUT2D eigenvalue weighted by atomic mass is 10.0. The number of amides is 1. The predicted octanol–water partition coefficient (Wildman–Crippen LogP) is 0.863. The fourth-order valence-electron chi connectivity index (χ4n) is 1.21. The minimum absolute atomic E-state index is 0.0840. The first-order valence-corrected chi connectivity index (χ1v) is 5.63. The molecule has 0 radical (unpaired) electrons. The van der Waals surface area contributed by atoms with Gasteiger partial charge in [-0.25, -0.2) is 4.98 Å². The van der Waals surface area contributed by atoms with Crippen LogP contribution in [0, 0.1) is 5.92 Å². The van der Waals surface area contributed by atoms with Crippen LogP contribution in [0.3, 0.4) is 0 Å². The average Bonchev–Trinajstić information content (AvgIpc) is 2.48. The van der Waals surface area contributed by atoms with Gasteiger partial charge in [-0.1, -0.05) is 6.92 Å². The zero-order valence-electron chi connectivity index (χ0n) is 8.04. The van der Waals surface area contributed by atoms with E-state index in [9.17, 15) is 4.79 Å². The minimum Gasteiger partial charge on any atom is -0.315 e. The molecule has 0 spiro atoms. The van der Waals surface area contributed by atoms with Crippen molar-refractivity contribution in [3.63, 3.8) is 0 Å². The van der Waals surface area contributed by atoms with Gasteiger partial charge in [-0.3, -0.25) is 4.79 Å². The molecule has 2 N–H and O–H groups in total. The molecular weight excluding hydrogens is 198 g/mol. The van der Waals surface area contributed by atoms with E-state index in [2.05, 4.69) is 22.5 Å². The Morgan fingerprint density at radius 1 is 1.79 bits per heavy atom. The number of nitrogens with one attached hydrogen (secondary N) is 2. The van der Waals surface area contributed by atoms with Crippen molar-refractivity contribution in [1.82, 2.24) is 10.3 Å². The molecule has 5 heteroatoms. The molecule has 0 unspecified atom stereocenters. The first-order chi connectivity index (χ1) is 6.79. The fraction of sp³-hybridized carbons (Fsp3) is 0.556. The number of aromatic nitrogens is 1. The topological polar surface area (TPSA) is 54.0 Å². The van der Waals surface area contributed by atoms with Gasteiger partial charge in [0.2, 0.25) is 5.91 Å². The van der Waals surface area contributed by atoms with Crippen LogP contribution in [0.4, 0.5) is 5.13 Å². The van der Waals surface area contributed by atoms with Crippen LogP contribution in [-0.4, -0.2) is 24.0 Å². The molecule has 1 aromatic heterocycles. The Hall–Kier alpha value is -0.940. The summed E-state index contributed by atoms with van der Waals surface area (Å²) in [4.78, 5) is 15.8. The van der Waals surface area contributed by atoms with Gasteiger partial charge in [0.05, 0.1) is 11.6 Å². The number of rotatable bonds is 3. The molecule has 1 fully saturated rings. The maximum Gasteiger partial charge on any atom is 0.231 e. The monoisotopic (exact) mass is 211 g/mol. The van der Waals surface area contributed by atoms with Crippen molar-refractivity contribution in [2.24, 2.45) is 5.92 Å². The van der Waals surface area contributed by atoms with E-state index in [1.165, 1.54) is 11.3 Å². The number of carbonyl (C=O) groups excluding carboxylic acids is 1. The number of nitrogens with zero attached hydrogens (tertiary/aromatic N) is 1. The molecule has 14 heavy (non-hydrogen) atoms. The van der Waals surface area contributed by atoms with E-state index in [4.69, 9.17) is 0 Å². The van der Waals surface area contributed by atoms with Gasteiger partial charge in [0, 0.05) is 18.5 Å². The van der Waals surface area contributed by atoms with E-state index in [1.54, 1.807) is 0 Å². The second kappa shape index (κ2) is 4.06. The highest BCUT2D eigenvalue weighted by Gasteiger charge is 2.25. The summed E-state index contributed by atoms with van der Waals surface area (Å²) in [6.45, 7) is 3.63. The summed E-state index contributed by atoms with van der Waals surface area (Å²) in [5.74, 6) is 0.213. The van der Waals surface area contributed by atoms with Crippen LogP contribution in [0.1, 0.15) is 12.6 Å². The molecular formula is C9H13N3OS. The van der Waals surface area contributed by atoms with Gasteiger partial charge in [-0.2, -0.15) is 0 Å². The Morgan fingerprint density at radius 2 is 2.57 bits per heavy atom. The maximum absolute atomic E-state index is 11.5. The van der Waals surface area contributed by atoms with E-state index in [0.29, 0.717) is 0 Å². The predicted molar refractivity (Wildman–Crippen MR) is 56.5 cm³/mol. The van der Waals surface area contributed by atoms with Gasteiger partial charge in [-0.15, -0.1) is 11.3 Å². The summed E-state index contributed by atoms with van der Waals surface area (Å²) in [7, 11) is 0. The first-order valence-electron chi connectivity index (χ1n) is 4.75. The molecule has 2 rings (SSSR count). The molecule has 0 aliphatic carbocycles. The van der Waals surface area contributed by atoms with E-state index < -0.39 is 0 Å². The third-order valence-electron chi connectivity index (χ3n) is 2.30. The van der Waals surface area contributed by atoms with Crippen molar-refractivity contribution in [3.05, 3.63) is 11.1 Å². The van der Waals surface area contributed by atoms with Crippen molar-refractivity contribution in [3.8, 4) is 0 Å². The summed E-state index contributed by atoms with van der Waals surface area (Å²) in [6, 6.07) is 0. The van der Waals surface area contributed by atoms with Crippen LogP contribution in [0.2, 0.25) is 0 Å². The van der Waals surface area contributed by atoms with Crippen molar-refractivity contribution in [2.75, 3.05) is 18.4 Å². The summed E-state index contributed by atoms with van der Waals surface area (Å²) in [5, 5.41) is 8.60. The first kappa shape index (κ1) is 9.61. The molecule has 2 heterocycles. The van der Waals surface area contributed by atoms with Gasteiger partial charge in [0.25, 0.3) is 0 Å². The van der Waals surface area contributed by atoms with Crippen LogP contribution >= 0.6 is 11.3 Å². The summed E-state index contributed by atoms with van der Waals surface area (Å²) in [6.07, 6.45) is 0.914. The van der Waals surface area contributed by atoms with Crippen LogP contribution in [-0.2, 0) is 11.2 Å². The highest BCUT2D eigenvalue weighted by molar-refractivity contribution is 7.13. The van der Waals surface area contributed by atoms with Crippen LogP contribution in [0.5, 0.6) is 0 Å². The molecule has 0 aromatic carbocycles. The lowest BCUT2D eigenvalue weighted by Gasteiger charge is -2.25. The zero-order valence-corrected chi connectivity index (χ0v) is 8.86. The third-order valence-corrected chi connectivity index (χ3v) is 3.10. The minimum atomic E-state index is 0.0840. The molecule has 0 bridgehead atoms. The number of anilines is 1. The molecule has 1 saturated heterocycles.